The molecule has 2 heteroatoms. The summed E-state index contributed by atoms with van der Waals surface area (Å²) in [5, 5.41) is 0. The number of hydrogen-bond acceptors (Lipinski definition) is 2. The number of rotatable bonds is 6. The van der Waals surface area contributed by atoms with Crippen molar-refractivity contribution in [2.45, 2.75) is 34.1 Å². The SMILES string of the molecule is CCC(C)CN(C)CC(C)(C)CS. The number of hydrogen-bond donors (Lipinski definition) is 1. The first-order valence-corrected chi connectivity index (χ1v) is 5.84. The Balaban J connectivity index is 3.79. The number of nitrogens with zero attached hydrogens (tertiary/aromatic N) is 1. The molecule has 0 aliphatic heterocycles. The van der Waals surface area contributed by atoms with Crippen LogP contribution in [-0.2, 0) is 0 Å². The average Bonchev–Trinajstić information content (AvgIpc) is 2.03. The molecule has 0 aromatic carbocycles. The van der Waals surface area contributed by atoms with Crippen molar-refractivity contribution in [1.82, 2.24) is 4.90 Å². The molecule has 0 amide bonds. The summed E-state index contributed by atoms with van der Waals surface area (Å²) in [4.78, 5) is 2.42. The number of thiol groups is 1. The highest BCUT2D eigenvalue weighted by Gasteiger charge is 2.18. The molecule has 0 spiro atoms. The Morgan fingerprint density at radius 1 is 1.38 bits per heavy atom. The second-order valence-corrected chi connectivity index (χ2v) is 5.35. The first-order chi connectivity index (χ1) is 5.91. The summed E-state index contributed by atoms with van der Waals surface area (Å²) < 4.78 is 0. The van der Waals surface area contributed by atoms with Crippen LogP contribution in [0.2, 0.25) is 0 Å². The fourth-order valence-electron chi connectivity index (χ4n) is 1.51. The molecule has 0 aromatic rings. The summed E-state index contributed by atoms with van der Waals surface area (Å²) in [5.74, 6) is 1.76. The van der Waals surface area contributed by atoms with E-state index in [1.165, 1.54) is 13.0 Å². The van der Waals surface area contributed by atoms with Gasteiger partial charge in [-0.3, -0.25) is 0 Å². The van der Waals surface area contributed by atoms with E-state index >= 15 is 0 Å². The molecule has 0 bridgehead atoms. The van der Waals surface area contributed by atoms with Gasteiger partial charge in [0, 0.05) is 13.1 Å². The van der Waals surface area contributed by atoms with E-state index in [1.807, 2.05) is 0 Å². The fraction of sp³-hybridized carbons (Fsp3) is 1.00. The van der Waals surface area contributed by atoms with Gasteiger partial charge in [-0.15, -0.1) is 0 Å². The summed E-state index contributed by atoms with van der Waals surface area (Å²) in [6.07, 6.45) is 1.27. The molecule has 0 aromatic heterocycles. The van der Waals surface area contributed by atoms with Gasteiger partial charge in [0.05, 0.1) is 0 Å². The average molecular weight is 203 g/mol. The summed E-state index contributed by atoms with van der Waals surface area (Å²) in [6, 6.07) is 0. The Labute approximate surface area is 89.3 Å². The Bertz CT molecular complexity index is 134. The summed E-state index contributed by atoms with van der Waals surface area (Å²) >= 11 is 4.36. The van der Waals surface area contributed by atoms with Crippen molar-refractivity contribution >= 4 is 12.6 Å². The second kappa shape index (κ2) is 5.92. The molecular formula is C11H25NS. The van der Waals surface area contributed by atoms with Gasteiger partial charge in [-0.25, -0.2) is 0 Å². The summed E-state index contributed by atoms with van der Waals surface area (Å²) in [5.41, 5.74) is 0.339. The van der Waals surface area contributed by atoms with Crippen LogP contribution in [-0.4, -0.2) is 30.8 Å². The normalized spacial score (nSPS) is 15.0. The minimum Gasteiger partial charge on any atom is -0.306 e. The highest BCUT2D eigenvalue weighted by Crippen LogP contribution is 2.18. The topological polar surface area (TPSA) is 3.24 Å². The van der Waals surface area contributed by atoms with Crippen LogP contribution in [0.1, 0.15) is 34.1 Å². The minimum absolute atomic E-state index is 0.339. The van der Waals surface area contributed by atoms with Crippen molar-refractivity contribution in [3.8, 4) is 0 Å². The van der Waals surface area contributed by atoms with Gasteiger partial charge in [0.15, 0.2) is 0 Å². The maximum Gasteiger partial charge on any atom is 0.00376 e. The summed E-state index contributed by atoms with van der Waals surface area (Å²) in [6.45, 7) is 11.4. The van der Waals surface area contributed by atoms with Crippen LogP contribution in [0, 0.1) is 11.3 Å². The molecule has 80 valence electrons. The van der Waals surface area contributed by atoms with E-state index in [1.54, 1.807) is 0 Å². The van der Waals surface area contributed by atoms with E-state index < -0.39 is 0 Å². The van der Waals surface area contributed by atoms with E-state index in [0.717, 1.165) is 18.2 Å². The highest BCUT2D eigenvalue weighted by molar-refractivity contribution is 7.80. The lowest BCUT2D eigenvalue weighted by molar-refractivity contribution is 0.206. The molecule has 0 heterocycles. The van der Waals surface area contributed by atoms with Crippen LogP contribution in [0.5, 0.6) is 0 Å². The zero-order valence-corrected chi connectivity index (χ0v) is 10.7. The van der Waals surface area contributed by atoms with Crippen molar-refractivity contribution in [3.63, 3.8) is 0 Å². The Morgan fingerprint density at radius 2 is 1.92 bits per heavy atom. The Kier molecular flexibility index (Phi) is 6.06. The molecule has 0 saturated heterocycles. The van der Waals surface area contributed by atoms with E-state index in [-0.39, 0.29) is 0 Å². The Hall–Kier alpha value is 0.310. The van der Waals surface area contributed by atoms with Crippen LogP contribution in [0.15, 0.2) is 0 Å². The monoisotopic (exact) mass is 203 g/mol. The van der Waals surface area contributed by atoms with Gasteiger partial charge < -0.3 is 4.90 Å². The molecule has 0 radical (unpaired) electrons. The van der Waals surface area contributed by atoms with Crippen molar-refractivity contribution in [3.05, 3.63) is 0 Å². The Morgan fingerprint density at radius 3 is 2.31 bits per heavy atom. The van der Waals surface area contributed by atoms with Crippen molar-refractivity contribution in [2.24, 2.45) is 11.3 Å². The molecule has 1 nitrogen and oxygen atoms in total. The molecule has 0 saturated carbocycles. The first-order valence-electron chi connectivity index (χ1n) is 5.20. The lowest BCUT2D eigenvalue weighted by Gasteiger charge is -2.30. The third-order valence-electron chi connectivity index (χ3n) is 2.45. The third-order valence-corrected chi connectivity index (χ3v) is 3.30. The molecule has 0 fully saturated rings. The van der Waals surface area contributed by atoms with Crippen LogP contribution in [0.4, 0.5) is 0 Å². The quantitative estimate of drug-likeness (QED) is 0.650. The molecule has 0 N–H and O–H groups in total. The van der Waals surface area contributed by atoms with Crippen LogP contribution in [0.3, 0.4) is 0 Å². The standard InChI is InChI=1S/C11H25NS/c1-6-10(2)7-12(5)8-11(3,4)9-13/h10,13H,6-9H2,1-5H3. The smallest absolute Gasteiger partial charge is 0.00376 e. The van der Waals surface area contributed by atoms with Crippen molar-refractivity contribution in [1.29, 1.82) is 0 Å². The second-order valence-electron chi connectivity index (χ2n) is 5.03. The highest BCUT2D eigenvalue weighted by atomic mass is 32.1. The van der Waals surface area contributed by atoms with Crippen molar-refractivity contribution < 1.29 is 0 Å². The van der Waals surface area contributed by atoms with Crippen LogP contribution in [0.25, 0.3) is 0 Å². The maximum absolute atomic E-state index is 4.36. The predicted octanol–water partition coefficient (Wildman–Crippen LogP) is 2.92. The molecule has 0 aliphatic carbocycles. The summed E-state index contributed by atoms with van der Waals surface area (Å²) in [7, 11) is 2.21. The molecule has 1 atom stereocenters. The van der Waals surface area contributed by atoms with Gasteiger partial charge in [-0.1, -0.05) is 34.1 Å². The van der Waals surface area contributed by atoms with Gasteiger partial charge >= 0.3 is 0 Å². The lowest BCUT2D eigenvalue weighted by atomic mass is 9.95. The molecule has 0 aliphatic rings. The zero-order valence-electron chi connectivity index (χ0n) is 9.80. The van der Waals surface area contributed by atoms with Crippen LogP contribution < -0.4 is 0 Å². The molecule has 1 unspecified atom stereocenters. The first kappa shape index (κ1) is 13.3. The lowest BCUT2D eigenvalue weighted by Crippen LogP contribution is -2.35. The largest absolute Gasteiger partial charge is 0.306 e. The van der Waals surface area contributed by atoms with Gasteiger partial charge in [0.2, 0.25) is 0 Å². The van der Waals surface area contributed by atoms with Crippen molar-refractivity contribution in [2.75, 3.05) is 25.9 Å². The third kappa shape index (κ3) is 6.39. The maximum atomic E-state index is 4.36. The van der Waals surface area contributed by atoms with E-state index in [2.05, 4.69) is 52.3 Å². The van der Waals surface area contributed by atoms with Gasteiger partial charge in [-0.05, 0) is 24.1 Å². The molecule has 0 rings (SSSR count). The van der Waals surface area contributed by atoms with E-state index in [0.29, 0.717) is 5.41 Å². The van der Waals surface area contributed by atoms with Gasteiger partial charge in [-0.2, -0.15) is 12.6 Å². The molecular weight excluding hydrogens is 178 g/mol. The van der Waals surface area contributed by atoms with Crippen LogP contribution >= 0.6 is 12.6 Å². The van der Waals surface area contributed by atoms with E-state index in [4.69, 9.17) is 0 Å². The van der Waals surface area contributed by atoms with Gasteiger partial charge in [0.1, 0.15) is 0 Å². The van der Waals surface area contributed by atoms with E-state index in [9.17, 15) is 0 Å². The fourth-order valence-corrected chi connectivity index (χ4v) is 1.61. The molecule has 13 heavy (non-hydrogen) atoms. The minimum atomic E-state index is 0.339. The zero-order chi connectivity index (χ0) is 10.5. The predicted molar refractivity (Wildman–Crippen MR) is 64.6 cm³/mol. The van der Waals surface area contributed by atoms with Gasteiger partial charge in [0.25, 0.3) is 0 Å².